The van der Waals surface area contributed by atoms with Crippen molar-refractivity contribution in [2.45, 2.75) is 20.4 Å². The van der Waals surface area contributed by atoms with E-state index in [1.807, 2.05) is 0 Å². The van der Waals surface area contributed by atoms with Gasteiger partial charge < -0.3 is 15.0 Å². The number of H-pyrrole nitrogens is 1. The number of hydrogen-bond acceptors (Lipinski definition) is 2. The normalized spacial score (nSPS) is 11.5. The molecule has 2 aromatic rings. The fourth-order valence-electron chi connectivity index (χ4n) is 1.96. The highest BCUT2D eigenvalue weighted by Crippen LogP contribution is 2.16. The minimum atomic E-state index is 0.610. The number of para-hydroxylation sites is 1. The summed E-state index contributed by atoms with van der Waals surface area (Å²) in [5.41, 5.74) is 2.51. The van der Waals surface area contributed by atoms with Gasteiger partial charge in [0.2, 0.25) is 0 Å². The van der Waals surface area contributed by atoms with E-state index in [2.05, 4.69) is 54.6 Å². The van der Waals surface area contributed by atoms with Crippen LogP contribution in [0, 0.1) is 5.92 Å². The Hall–Kier alpha value is -1.32. The second-order valence-corrected chi connectivity index (χ2v) is 5.01. The van der Waals surface area contributed by atoms with Gasteiger partial charge in [-0.3, -0.25) is 0 Å². The first kappa shape index (κ1) is 13.1. The summed E-state index contributed by atoms with van der Waals surface area (Å²) in [4.78, 5) is 3.28. The standard InChI is InChI=1S/C15H22N2O/c1-12(2)11-18-8-7-16-9-13-10-17-15-6-4-3-5-14(13)15/h3-6,10,12,16-17H,7-9,11H2,1-2H3. The molecule has 3 heteroatoms. The van der Waals surface area contributed by atoms with Gasteiger partial charge in [0.15, 0.2) is 0 Å². The zero-order valence-corrected chi connectivity index (χ0v) is 11.2. The molecule has 0 fully saturated rings. The van der Waals surface area contributed by atoms with Crippen molar-refractivity contribution in [2.75, 3.05) is 19.8 Å². The van der Waals surface area contributed by atoms with Crippen molar-refractivity contribution in [3.05, 3.63) is 36.0 Å². The van der Waals surface area contributed by atoms with E-state index in [1.165, 1.54) is 16.5 Å². The van der Waals surface area contributed by atoms with E-state index in [0.29, 0.717) is 5.92 Å². The lowest BCUT2D eigenvalue weighted by molar-refractivity contribution is 0.111. The number of hydrogen-bond donors (Lipinski definition) is 2. The van der Waals surface area contributed by atoms with E-state index in [4.69, 9.17) is 4.74 Å². The van der Waals surface area contributed by atoms with Crippen LogP contribution >= 0.6 is 0 Å². The van der Waals surface area contributed by atoms with Crippen LogP contribution in [0.2, 0.25) is 0 Å². The van der Waals surface area contributed by atoms with Gasteiger partial charge in [-0.25, -0.2) is 0 Å². The summed E-state index contributed by atoms with van der Waals surface area (Å²) < 4.78 is 5.53. The van der Waals surface area contributed by atoms with Crippen LogP contribution in [0.25, 0.3) is 10.9 Å². The van der Waals surface area contributed by atoms with Gasteiger partial charge in [0.05, 0.1) is 6.61 Å². The molecule has 0 saturated heterocycles. The van der Waals surface area contributed by atoms with Crippen molar-refractivity contribution >= 4 is 10.9 Å². The monoisotopic (exact) mass is 246 g/mol. The summed E-state index contributed by atoms with van der Waals surface area (Å²) >= 11 is 0. The van der Waals surface area contributed by atoms with Crippen molar-refractivity contribution in [1.29, 1.82) is 0 Å². The number of benzene rings is 1. The molecule has 3 nitrogen and oxygen atoms in total. The molecule has 0 aliphatic rings. The highest BCUT2D eigenvalue weighted by molar-refractivity contribution is 5.82. The molecule has 1 aromatic carbocycles. The van der Waals surface area contributed by atoms with Crippen LogP contribution in [0.5, 0.6) is 0 Å². The molecule has 98 valence electrons. The fourth-order valence-corrected chi connectivity index (χ4v) is 1.96. The Labute approximate surface area is 109 Å². The molecule has 1 heterocycles. The third-order valence-corrected chi connectivity index (χ3v) is 2.86. The second kappa shape index (κ2) is 6.57. The highest BCUT2D eigenvalue weighted by Gasteiger charge is 2.01. The van der Waals surface area contributed by atoms with Gasteiger partial charge in [-0.1, -0.05) is 32.0 Å². The number of aromatic nitrogens is 1. The molecule has 0 aliphatic heterocycles. The minimum Gasteiger partial charge on any atom is -0.380 e. The topological polar surface area (TPSA) is 37.0 Å². The van der Waals surface area contributed by atoms with Crippen LogP contribution in [0.1, 0.15) is 19.4 Å². The molecule has 0 spiro atoms. The van der Waals surface area contributed by atoms with Crippen LogP contribution in [-0.4, -0.2) is 24.7 Å². The molecule has 0 bridgehead atoms. The number of aromatic amines is 1. The summed E-state index contributed by atoms with van der Waals surface area (Å²) in [5.74, 6) is 0.610. The first-order valence-electron chi connectivity index (χ1n) is 6.61. The molecule has 0 unspecified atom stereocenters. The van der Waals surface area contributed by atoms with E-state index >= 15 is 0 Å². The molecule has 1 aromatic heterocycles. The Bertz CT molecular complexity index is 476. The molecular weight excluding hydrogens is 224 g/mol. The van der Waals surface area contributed by atoms with Crippen molar-refractivity contribution in [3.63, 3.8) is 0 Å². The van der Waals surface area contributed by atoms with E-state index < -0.39 is 0 Å². The summed E-state index contributed by atoms with van der Waals surface area (Å²) in [5, 5.41) is 4.71. The molecule has 18 heavy (non-hydrogen) atoms. The minimum absolute atomic E-state index is 0.610. The Morgan fingerprint density at radius 3 is 2.94 bits per heavy atom. The molecule has 2 N–H and O–H groups in total. The smallest absolute Gasteiger partial charge is 0.0591 e. The summed E-state index contributed by atoms with van der Waals surface area (Å²) in [6, 6.07) is 8.38. The first-order chi connectivity index (χ1) is 8.77. The summed E-state index contributed by atoms with van der Waals surface area (Å²) in [6.45, 7) is 7.73. The largest absolute Gasteiger partial charge is 0.380 e. The average molecular weight is 246 g/mol. The second-order valence-electron chi connectivity index (χ2n) is 5.01. The van der Waals surface area contributed by atoms with Gasteiger partial charge in [0.1, 0.15) is 0 Å². The maximum absolute atomic E-state index is 5.53. The van der Waals surface area contributed by atoms with Crippen LogP contribution in [0.4, 0.5) is 0 Å². The van der Waals surface area contributed by atoms with Gasteiger partial charge in [0.25, 0.3) is 0 Å². The predicted octanol–water partition coefficient (Wildman–Crippen LogP) is 2.93. The Kier molecular flexibility index (Phi) is 4.79. The molecule has 0 atom stereocenters. The van der Waals surface area contributed by atoms with E-state index in [0.717, 1.165) is 26.3 Å². The number of rotatable bonds is 7. The highest BCUT2D eigenvalue weighted by atomic mass is 16.5. The summed E-state index contributed by atoms with van der Waals surface area (Å²) in [7, 11) is 0. The zero-order valence-electron chi connectivity index (χ0n) is 11.2. The summed E-state index contributed by atoms with van der Waals surface area (Å²) in [6.07, 6.45) is 2.08. The van der Waals surface area contributed by atoms with E-state index in [1.54, 1.807) is 0 Å². The van der Waals surface area contributed by atoms with E-state index in [9.17, 15) is 0 Å². The lowest BCUT2D eigenvalue weighted by atomic mass is 10.2. The Balaban J connectivity index is 1.74. The van der Waals surface area contributed by atoms with Gasteiger partial charge in [0, 0.05) is 36.8 Å². The van der Waals surface area contributed by atoms with E-state index in [-0.39, 0.29) is 0 Å². The fraction of sp³-hybridized carbons (Fsp3) is 0.467. The third kappa shape index (κ3) is 3.59. The molecule has 0 aliphatic carbocycles. The molecular formula is C15H22N2O. The third-order valence-electron chi connectivity index (χ3n) is 2.86. The van der Waals surface area contributed by atoms with Crippen LogP contribution < -0.4 is 5.32 Å². The molecule has 0 amide bonds. The van der Waals surface area contributed by atoms with Crippen molar-refractivity contribution in [2.24, 2.45) is 5.92 Å². The number of nitrogens with one attached hydrogen (secondary N) is 2. The maximum Gasteiger partial charge on any atom is 0.0591 e. The van der Waals surface area contributed by atoms with Gasteiger partial charge in [-0.05, 0) is 17.5 Å². The van der Waals surface area contributed by atoms with Crippen molar-refractivity contribution < 1.29 is 4.74 Å². The SMILES string of the molecule is CC(C)COCCNCc1c[nH]c2ccccc12. The van der Waals surface area contributed by atoms with Gasteiger partial charge in [-0.15, -0.1) is 0 Å². The maximum atomic E-state index is 5.53. The van der Waals surface area contributed by atoms with Crippen LogP contribution in [0.15, 0.2) is 30.5 Å². The van der Waals surface area contributed by atoms with Gasteiger partial charge in [-0.2, -0.15) is 0 Å². The number of ether oxygens (including phenoxy) is 1. The zero-order chi connectivity index (χ0) is 12.8. The van der Waals surface area contributed by atoms with Crippen LogP contribution in [0.3, 0.4) is 0 Å². The number of fused-ring (bicyclic) bond motifs is 1. The first-order valence-corrected chi connectivity index (χ1v) is 6.61. The van der Waals surface area contributed by atoms with Crippen molar-refractivity contribution in [1.82, 2.24) is 10.3 Å². The molecule has 2 rings (SSSR count). The lowest BCUT2D eigenvalue weighted by Gasteiger charge is -2.07. The molecule has 0 radical (unpaired) electrons. The van der Waals surface area contributed by atoms with Gasteiger partial charge >= 0.3 is 0 Å². The molecule has 0 saturated carbocycles. The van der Waals surface area contributed by atoms with Crippen LogP contribution in [-0.2, 0) is 11.3 Å². The Morgan fingerprint density at radius 1 is 1.28 bits per heavy atom. The quantitative estimate of drug-likeness (QED) is 0.737. The Morgan fingerprint density at radius 2 is 2.11 bits per heavy atom. The average Bonchev–Trinajstić information content (AvgIpc) is 2.77. The predicted molar refractivity (Wildman–Crippen MR) is 75.7 cm³/mol. The lowest BCUT2D eigenvalue weighted by Crippen LogP contribution is -2.20. The van der Waals surface area contributed by atoms with Crippen molar-refractivity contribution in [3.8, 4) is 0 Å².